The van der Waals surface area contributed by atoms with Gasteiger partial charge < -0.3 is 25.4 Å². The van der Waals surface area contributed by atoms with Crippen molar-refractivity contribution in [1.29, 1.82) is 0 Å². The van der Waals surface area contributed by atoms with Crippen LogP contribution in [0.4, 0.5) is 4.79 Å². The molecular weight excluding hydrogens is 454 g/mol. The van der Waals surface area contributed by atoms with Crippen LogP contribution in [0.2, 0.25) is 0 Å². The molecule has 0 aromatic heterocycles. The molecule has 8 nitrogen and oxygen atoms in total. The highest BCUT2D eigenvalue weighted by Crippen LogP contribution is 2.30. The van der Waals surface area contributed by atoms with Gasteiger partial charge in [-0.3, -0.25) is 9.59 Å². The quantitative estimate of drug-likeness (QED) is 0.400. The number of likely N-dealkylation sites (N-methyl/N-ethyl adjacent to an activating group) is 1. The Morgan fingerprint density at radius 1 is 1.12 bits per heavy atom. The number of carbonyl (C=O) groups is 3. The lowest BCUT2D eigenvalue weighted by Crippen LogP contribution is -2.53. The van der Waals surface area contributed by atoms with E-state index in [1.165, 1.54) is 11.0 Å². The lowest BCUT2D eigenvalue weighted by atomic mass is 10.0. The summed E-state index contributed by atoms with van der Waals surface area (Å²) in [4.78, 5) is 41.0. The first-order valence-electron chi connectivity index (χ1n) is 11.8. The van der Waals surface area contributed by atoms with Gasteiger partial charge in [0, 0.05) is 18.2 Å². The number of hydrogen-bond acceptors (Lipinski definition) is 6. The summed E-state index contributed by atoms with van der Waals surface area (Å²) in [6.45, 7) is 11.2. The molecule has 0 saturated carbocycles. The highest BCUT2D eigenvalue weighted by Gasteiger charge is 2.36. The Labute approximate surface area is 208 Å². The number of phenolic OH excluding ortho intramolecular Hbond substituents is 1. The number of para-hydroxylation sites is 1. The van der Waals surface area contributed by atoms with Gasteiger partial charge in [0.05, 0.1) is 0 Å². The molecule has 1 aromatic rings. The molecule has 0 aliphatic heterocycles. The Kier molecular flexibility index (Phi) is 12.3. The lowest BCUT2D eigenvalue weighted by Gasteiger charge is -2.34. The number of hydrogen-bond donors (Lipinski definition) is 3. The number of ether oxygens (including phenoxy) is 1. The van der Waals surface area contributed by atoms with Crippen molar-refractivity contribution in [3.63, 3.8) is 0 Å². The van der Waals surface area contributed by atoms with Gasteiger partial charge in [-0.1, -0.05) is 31.5 Å². The van der Waals surface area contributed by atoms with Crippen LogP contribution in [-0.4, -0.2) is 64.2 Å². The highest BCUT2D eigenvalue weighted by atomic mass is 32.2. The number of amides is 3. The number of nitrogens with one attached hydrogen (secondary N) is 2. The number of nitrogens with zero attached hydrogens (tertiary/aromatic N) is 1. The van der Waals surface area contributed by atoms with Crippen molar-refractivity contribution in [2.45, 2.75) is 84.5 Å². The van der Waals surface area contributed by atoms with Crippen LogP contribution >= 0.6 is 11.8 Å². The summed E-state index contributed by atoms with van der Waals surface area (Å²) in [6.07, 6.45) is 3.28. The third-order valence-corrected chi connectivity index (χ3v) is 5.77. The van der Waals surface area contributed by atoms with E-state index in [-0.39, 0.29) is 24.2 Å². The Balaban J connectivity index is 3.33. The van der Waals surface area contributed by atoms with Gasteiger partial charge in [-0.25, -0.2) is 4.79 Å². The minimum Gasteiger partial charge on any atom is -0.508 e. The van der Waals surface area contributed by atoms with Crippen molar-refractivity contribution in [2.24, 2.45) is 0 Å². The van der Waals surface area contributed by atoms with Gasteiger partial charge >= 0.3 is 6.09 Å². The maximum atomic E-state index is 13.7. The van der Waals surface area contributed by atoms with Crippen LogP contribution in [0.3, 0.4) is 0 Å². The van der Waals surface area contributed by atoms with Crippen LogP contribution in [0.15, 0.2) is 24.3 Å². The van der Waals surface area contributed by atoms with E-state index in [0.717, 1.165) is 12.8 Å². The molecule has 0 spiro atoms. The van der Waals surface area contributed by atoms with Crippen LogP contribution in [0.25, 0.3) is 0 Å². The van der Waals surface area contributed by atoms with Crippen molar-refractivity contribution in [3.05, 3.63) is 29.8 Å². The van der Waals surface area contributed by atoms with E-state index in [1.54, 1.807) is 57.7 Å². The molecule has 3 N–H and O–H groups in total. The fourth-order valence-electron chi connectivity index (χ4n) is 3.61. The summed E-state index contributed by atoms with van der Waals surface area (Å²) < 4.78 is 5.36. The average Bonchev–Trinajstić information content (AvgIpc) is 2.74. The molecular formula is C25H41N3O5S. The fourth-order valence-corrected chi connectivity index (χ4v) is 4.08. The molecule has 192 valence electrons. The van der Waals surface area contributed by atoms with Gasteiger partial charge in [-0.05, 0) is 65.5 Å². The maximum Gasteiger partial charge on any atom is 0.408 e. The first kappa shape index (κ1) is 29.6. The smallest absolute Gasteiger partial charge is 0.408 e. The van der Waals surface area contributed by atoms with Crippen LogP contribution in [0.5, 0.6) is 5.75 Å². The topological polar surface area (TPSA) is 108 Å². The lowest BCUT2D eigenvalue weighted by molar-refractivity contribution is -0.142. The van der Waals surface area contributed by atoms with Crippen molar-refractivity contribution in [2.75, 3.05) is 18.6 Å². The van der Waals surface area contributed by atoms with Crippen LogP contribution in [-0.2, 0) is 14.3 Å². The number of alkyl carbamates (subject to hydrolysis) is 1. The van der Waals surface area contributed by atoms with Gasteiger partial charge in [0.2, 0.25) is 11.8 Å². The van der Waals surface area contributed by atoms with Gasteiger partial charge in [-0.2, -0.15) is 11.8 Å². The predicted octanol–water partition coefficient (Wildman–Crippen LogP) is 4.23. The SMILES string of the molecule is CCCC(C)NC(=O)C(c1ccccc1O)N(CC)C(=O)C(CCSC)NC(=O)OC(C)(C)C. The molecule has 9 heteroatoms. The standard InChI is InChI=1S/C25H41N3O5S/c1-8-12-17(3)26-22(30)21(18-13-10-11-14-20(18)29)28(9-2)23(31)19(15-16-34-7)27-24(32)33-25(4,5)6/h10-11,13-14,17,19,21,29H,8-9,12,15-16H2,1-7H3,(H,26,30)(H,27,32). The predicted molar refractivity (Wildman–Crippen MR) is 137 cm³/mol. The van der Waals surface area contributed by atoms with Crippen molar-refractivity contribution in [3.8, 4) is 5.75 Å². The average molecular weight is 496 g/mol. The molecule has 1 aromatic carbocycles. The summed E-state index contributed by atoms with van der Waals surface area (Å²) in [5.74, 6) is -0.226. The van der Waals surface area contributed by atoms with Gasteiger partial charge in [0.15, 0.2) is 0 Å². The van der Waals surface area contributed by atoms with Crippen molar-refractivity contribution in [1.82, 2.24) is 15.5 Å². The largest absolute Gasteiger partial charge is 0.508 e. The minimum absolute atomic E-state index is 0.0715. The number of phenols is 1. The van der Waals surface area contributed by atoms with E-state index in [0.29, 0.717) is 17.7 Å². The van der Waals surface area contributed by atoms with Gasteiger partial charge in [0.1, 0.15) is 23.4 Å². The van der Waals surface area contributed by atoms with Crippen molar-refractivity contribution < 1.29 is 24.2 Å². The zero-order chi connectivity index (χ0) is 25.9. The van der Waals surface area contributed by atoms with Crippen LogP contribution < -0.4 is 10.6 Å². The molecule has 34 heavy (non-hydrogen) atoms. The second-order valence-electron chi connectivity index (χ2n) is 9.26. The second kappa shape index (κ2) is 14.1. The first-order chi connectivity index (χ1) is 15.9. The molecule has 0 fully saturated rings. The van der Waals surface area contributed by atoms with Crippen molar-refractivity contribution >= 4 is 29.7 Å². The Hall–Kier alpha value is -2.42. The second-order valence-corrected chi connectivity index (χ2v) is 10.2. The van der Waals surface area contributed by atoms with E-state index in [9.17, 15) is 19.5 Å². The van der Waals surface area contributed by atoms with E-state index in [4.69, 9.17) is 4.74 Å². The van der Waals surface area contributed by atoms with Crippen LogP contribution in [0.1, 0.15) is 72.4 Å². The molecule has 3 unspecified atom stereocenters. The van der Waals surface area contributed by atoms with Gasteiger partial charge in [0.25, 0.3) is 0 Å². The number of rotatable bonds is 12. The molecule has 0 bridgehead atoms. The molecule has 0 heterocycles. The fraction of sp³-hybridized carbons (Fsp3) is 0.640. The van der Waals surface area contributed by atoms with E-state index in [1.807, 2.05) is 20.1 Å². The van der Waals surface area contributed by atoms with E-state index in [2.05, 4.69) is 10.6 Å². The highest BCUT2D eigenvalue weighted by molar-refractivity contribution is 7.98. The Morgan fingerprint density at radius 3 is 2.29 bits per heavy atom. The summed E-state index contributed by atoms with van der Waals surface area (Å²) in [6, 6.07) is 4.49. The first-order valence-corrected chi connectivity index (χ1v) is 13.2. The summed E-state index contributed by atoms with van der Waals surface area (Å²) in [5, 5.41) is 16.2. The zero-order valence-corrected chi connectivity index (χ0v) is 22.3. The molecule has 0 saturated heterocycles. The molecule has 0 aliphatic carbocycles. The summed E-state index contributed by atoms with van der Waals surface area (Å²) in [7, 11) is 0. The monoisotopic (exact) mass is 495 g/mol. The molecule has 3 amide bonds. The molecule has 0 radical (unpaired) electrons. The third kappa shape index (κ3) is 9.44. The Morgan fingerprint density at radius 2 is 1.76 bits per heavy atom. The number of thioether (sulfide) groups is 1. The van der Waals surface area contributed by atoms with Crippen LogP contribution in [0, 0.1) is 0 Å². The number of aromatic hydroxyl groups is 1. The summed E-state index contributed by atoms with van der Waals surface area (Å²) in [5.41, 5.74) is -0.380. The van der Waals surface area contributed by atoms with E-state index < -0.39 is 29.7 Å². The van der Waals surface area contributed by atoms with Gasteiger partial charge in [-0.15, -0.1) is 0 Å². The summed E-state index contributed by atoms with van der Waals surface area (Å²) >= 11 is 1.55. The van der Waals surface area contributed by atoms with E-state index >= 15 is 0 Å². The normalized spacial score (nSPS) is 14.0. The molecule has 3 atom stereocenters. The minimum atomic E-state index is -1.05. The zero-order valence-electron chi connectivity index (χ0n) is 21.5. The molecule has 0 aliphatic rings. The third-order valence-electron chi connectivity index (χ3n) is 5.13. The Bertz CT molecular complexity index is 812. The molecule has 1 rings (SSSR count). The number of carbonyl (C=O) groups excluding carboxylic acids is 3. The number of benzene rings is 1. The maximum absolute atomic E-state index is 13.7.